The number of nitrogens with zero attached hydrogens (tertiary/aromatic N) is 2. The molecular weight excluding hydrogens is 324 g/mol. The van der Waals surface area contributed by atoms with Gasteiger partial charge >= 0.3 is 0 Å². The van der Waals surface area contributed by atoms with E-state index in [1.807, 2.05) is 0 Å². The van der Waals surface area contributed by atoms with Crippen LogP contribution in [0.5, 0.6) is 0 Å². The van der Waals surface area contributed by atoms with Gasteiger partial charge in [0, 0.05) is 38.6 Å². The molecule has 5 nitrogen and oxygen atoms in total. The number of hydrogen-bond acceptors (Lipinski definition) is 5. The maximum Gasteiger partial charge on any atom is 0.0701 e. The predicted molar refractivity (Wildman–Crippen MR) is 84.8 cm³/mol. The van der Waals surface area contributed by atoms with Gasteiger partial charge in [0.1, 0.15) is 0 Å². The van der Waals surface area contributed by atoms with Gasteiger partial charge in [0.05, 0.1) is 33.0 Å². The highest BCUT2D eigenvalue weighted by atomic mass is 79.9. The summed E-state index contributed by atoms with van der Waals surface area (Å²) in [7, 11) is 1.68. The third kappa shape index (κ3) is 9.26. The third-order valence-corrected chi connectivity index (χ3v) is 3.79. The zero-order valence-electron chi connectivity index (χ0n) is 12.7. The topological polar surface area (TPSA) is 34.2 Å². The third-order valence-electron chi connectivity index (χ3n) is 3.44. The van der Waals surface area contributed by atoms with E-state index in [4.69, 9.17) is 14.2 Å². The molecule has 0 aromatic rings. The second-order valence-electron chi connectivity index (χ2n) is 4.94. The van der Waals surface area contributed by atoms with Gasteiger partial charge < -0.3 is 19.1 Å². The SMILES string of the molecule is COCCOCCOCCN1CCCN(CCBr)CC1. The monoisotopic (exact) mass is 352 g/mol. The standard InChI is InChI=1S/C14H29BrN2O3/c1-18-11-12-20-14-13-19-10-9-17-5-2-4-16(6-3-15)7-8-17/h2-14H2,1H3. The van der Waals surface area contributed by atoms with Gasteiger partial charge in [-0.2, -0.15) is 0 Å². The molecule has 0 atom stereocenters. The lowest BCUT2D eigenvalue weighted by Crippen LogP contribution is -2.33. The van der Waals surface area contributed by atoms with Crippen molar-refractivity contribution in [1.29, 1.82) is 0 Å². The lowest BCUT2D eigenvalue weighted by atomic mass is 10.4. The Morgan fingerprint density at radius 2 is 1.40 bits per heavy atom. The Bertz CT molecular complexity index is 223. The first kappa shape index (κ1) is 18.3. The van der Waals surface area contributed by atoms with E-state index in [1.54, 1.807) is 7.11 Å². The van der Waals surface area contributed by atoms with Gasteiger partial charge in [-0.25, -0.2) is 0 Å². The average molecular weight is 353 g/mol. The smallest absolute Gasteiger partial charge is 0.0701 e. The molecule has 20 heavy (non-hydrogen) atoms. The number of alkyl halides is 1. The first-order valence-electron chi connectivity index (χ1n) is 7.52. The van der Waals surface area contributed by atoms with Crippen molar-refractivity contribution in [2.24, 2.45) is 0 Å². The van der Waals surface area contributed by atoms with E-state index in [2.05, 4.69) is 25.7 Å². The zero-order valence-corrected chi connectivity index (χ0v) is 14.3. The number of halogens is 1. The molecule has 120 valence electrons. The minimum absolute atomic E-state index is 0.648. The summed E-state index contributed by atoms with van der Waals surface area (Å²) in [6, 6.07) is 0. The van der Waals surface area contributed by atoms with Crippen molar-refractivity contribution in [2.45, 2.75) is 6.42 Å². The summed E-state index contributed by atoms with van der Waals surface area (Å²) in [6.07, 6.45) is 1.26. The number of hydrogen-bond donors (Lipinski definition) is 0. The van der Waals surface area contributed by atoms with Crippen LogP contribution >= 0.6 is 15.9 Å². The van der Waals surface area contributed by atoms with Crippen LogP contribution in [0.25, 0.3) is 0 Å². The van der Waals surface area contributed by atoms with E-state index in [0.717, 1.165) is 31.6 Å². The molecule has 0 aromatic heterocycles. The molecule has 1 heterocycles. The van der Waals surface area contributed by atoms with Crippen LogP contribution in [0, 0.1) is 0 Å². The van der Waals surface area contributed by atoms with Crippen LogP contribution < -0.4 is 0 Å². The fraction of sp³-hybridized carbons (Fsp3) is 1.00. The Hall–Kier alpha value is 0.280. The summed E-state index contributed by atoms with van der Waals surface area (Å²) in [5.74, 6) is 0. The fourth-order valence-electron chi connectivity index (χ4n) is 2.25. The Morgan fingerprint density at radius 1 is 0.800 bits per heavy atom. The molecule has 1 rings (SSSR count). The van der Waals surface area contributed by atoms with Gasteiger partial charge in [-0.3, -0.25) is 4.90 Å². The molecule has 0 N–H and O–H groups in total. The number of methoxy groups -OCH3 is 1. The van der Waals surface area contributed by atoms with Gasteiger partial charge in [0.25, 0.3) is 0 Å². The lowest BCUT2D eigenvalue weighted by molar-refractivity contribution is 0.0197. The van der Waals surface area contributed by atoms with Crippen LogP contribution in [0.2, 0.25) is 0 Å². The van der Waals surface area contributed by atoms with Gasteiger partial charge in [-0.15, -0.1) is 0 Å². The molecule has 0 saturated carbocycles. The van der Waals surface area contributed by atoms with Crippen LogP contribution in [0.1, 0.15) is 6.42 Å². The van der Waals surface area contributed by atoms with Crippen LogP contribution in [0.3, 0.4) is 0 Å². The van der Waals surface area contributed by atoms with Gasteiger partial charge in [-0.05, 0) is 19.5 Å². The van der Waals surface area contributed by atoms with Gasteiger partial charge in [0.2, 0.25) is 0 Å². The zero-order chi connectivity index (χ0) is 14.5. The largest absolute Gasteiger partial charge is 0.382 e. The molecule has 1 aliphatic heterocycles. The van der Waals surface area contributed by atoms with E-state index in [1.165, 1.54) is 26.1 Å². The van der Waals surface area contributed by atoms with E-state index in [9.17, 15) is 0 Å². The van der Waals surface area contributed by atoms with Crippen molar-refractivity contribution in [3.63, 3.8) is 0 Å². The Balaban J connectivity index is 1.94. The molecule has 0 amide bonds. The average Bonchev–Trinajstić information content (AvgIpc) is 2.68. The maximum absolute atomic E-state index is 5.60. The predicted octanol–water partition coefficient (Wildman–Crippen LogP) is 1.07. The Morgan fingerprint density at radius 3 is 2.05 bits per heavy atom. The summed E-state index contributed by atoms with van der Waals surface area (Å²) in [5.41, 5.74) is 0. The van der Waals surface area contributed by atoms with Crippen molar-refractivity contribution >= 4 is 15.9 Å². The van der Waals surface area contributed by atoms with Crippen LogP contribution in [-0.4, -0.2) is 94.5 Å². The lowest BCUT2D eigenvalue weighted by Gasteiger charge is -2.21. The molecule has 1 aliphatic rings. The Kier molecular flexibility index (Phi) is 11.9. The summed E-state index contributed by atoms with van der Waals surface area (Å²) in [5, 5.41) is 1.07. The number of rotatable bonds is 11. The minimum Gasteiger partial charge on any atom is -0.382 e. The highest BCUT2D eigenvalue weighted by Gasteiger charge is 2.13. The summed E-state index contributed by atoms with van der Waals surface area (Å²) in [6.45, 7) is 10.3. The fourth-order valence-corrected chi connectivity index (χ4v) is 2.75. The second kappa shape index (κ2) is 13.0. The van der Waals surface area contributed by atoms with Crippen molar-refractivity contribution in [1.82, 2.24) is 9.80 Å². The summed E-state index contributed by atoms with van der Waals surface area (Å²) >= 11 is 3.51. The van der Waals surface area contributed by atoms with E-state index >= 15 is 0 Å². The Labute approximate surface area is 131 Å². The van der Waals surface area contributed by atoms with E-state index in [-0.39, 0.29) is 0 Å². The van der Waals surface area contributed by atoms with E-state index < -0.39 is 0 Å². The summed E-state index contributed by atoms with van der Waals surface area (Å²) < 4.78 is 15.9. The first-order valence-corrected chi connectivity index (χ1v) is 8.64. The van der Waals surface area contributed by atoms with Gasteiger partial charge in [0.15, 0.2) is 0 Å². The van der Waals surface area contributed by atoms with Crippen molar-refractivity contribution in [2.75, 3.05) is 84.7 Å². The van der Waals surface area contributed by atoms with Crippen LogP contribution in [0.4, 0.5) is 0 Å². The van der Waals surface area contributed by atoms with Crippen molar-refractivity contribution < 1.29 is 14.2 Å². The molecule has 0 bridgehead atoms. The van der Waals surface area contributed by atoms with Crippen LogP contribution in [0.15, 0.2) is 0 Å². The molecular formula is C14H29BrN2O3. The highest BCUT2D eigenvalue weighted by Crippen LogP contribution is 2.03. The van der Waals surface area contributed by atoms with Crippen LogP contribution in [-0.2, 0) is 14.2 Å². The normalized spacial score (nSPS) is 18.3. The highest BCUT2D eigenvalue weighted by molar-refractivity contribution is 9.09. The molecule has 6 heteroatoms. The summed E-state index contributed by atoms with van der Waals surface area (Å²) in [4.78, 5) is 5.03. The number of ether oxygens (including phenoxy) is 3. The molecule has 0 aliphatic carbocycles. The van der Waals surface area contributed by atoms with E-state index in [0.29, 0.717) is 26.4 Å². The first-order chi connectivity index (χ1) is 9.86. The molecule has 0 radical (unpaired) electrons. The molecule has 0 spiro atoms. The molecule has 0 unspecified atom stereocenters. The quantitative estimate of drug-likeness (QED) is 0.410. The maximum atomic E-state index is 5.60. The molecule has 1 fully saturated rings. The minimum atomic E-state index is 0.648. The van der Waals surface area contributed by atoms with Crippen molar-refractivity contribution in [3.8, 4) is 0 Å². The second-order valence-corrected chi connectivity index (χ2v) is 5.74. The van der Waals surface area contributed by atoms with Gasteiger partial charge in [-0.1, -0.05) is 15.9 Å². The molecule has 1 saturated heterocycles. The van der Waals surface area contributed by atoms with Crippen molar-refractivity contribution in [3.05, 3.63) is 0 Å². The molecule has 0 aromatic carbocycles.